The number of thiophene rings is 1. The third kappa shape index (κ3) is 6.03. The summed E-state index contributed by atoms with van der Waals surface area (Å²) in [6.45, 7) is 1.32. The first-order valence-corrected chi connectivity index (χ1v) is 10.8. The number of carbonyl (C=O) groups excluding carboxylic acids is 2. The minimum absolute atomic E-state index is 0.00506. The van der Waals surface area contributed by atoms with E-state index in [1.165, 1.54) is 27.6 Å². The van der Waals surface area contributed by atoms with Crippen LogP contribution in [0, 0.1) is 0 Å². The van der Waals surface area contributed by atoms with E-state index in [2.05, 4.69) is 21.2 Å². The van der Waals surface area contributed by atoms with Crippen LogP contribution in [0.2, 0.25) is 0 Å². The maximum atomic E-state index is 12.2. The molecule has 0 bridgehead atoms. The van der Waals surface area contributed by atoms with Crippen molar-refractivity contribution in [1.82, 2.24) is 14.5 Å². The molecule has 0 aromatic carbocycles. The number of halogens is 1. The van der Waals surface area contributed by atoms with Gasteiger partial charge < -0.3 is 15.0 Å². The molecule has 25 heavy (non-hydrogen) atoms. The fraction of sp³-hybridized carbons (Fsp3) is 0.571. The first-order chi connectivity index (χ1) is 11.8. The largest absolute Gasteiger partial charge is 0.379 e. The minimum atomic E-state index is -3.41. The van der Waals surface area contributed by atoms with Crippen LogP contribution in [0.25, 0.3) is 0 Å². The summed E-state index contributed by atoms with van der Waals surface area (Å²) >= 11 is 4.57. The van der Waals surface area contributed by atoms with Crippen molar-refractivity contribution in [2.24, 2.45) is 0 Å². The standard InChI is InChI=1S/C14H20BrN3O5S2/c1-17(14(20)11-2-3-12(15)24-11)10-13(19)16-4-9-25(21,22)18-5-7-23-8-6-18/h2-3H,4-10H2,1H3,(H,16,19). The highest BCUT2D eigenvalue weighted by Crippen LogP contribution is 2.22. The average molecular weight is 454 g/mol. The molecule has 0 spiro atoms. The molecular formula is C14H20BrN3O5S2. The summed E-state index contributed by atoms with van der Waals surface area (Å²) in [5.74, 6) is -0.829. The number of nitrogens with zero attached hydrogens (tertiary/aromatic N) is 2. The molecule has 0 aliphatic carbocycles. The number of likely N-dealkylation sites (N-methyl/N-ethyl adjacent to an activating group) is 1. The molecule has 1 N–H and O–H groups in total. The monoisotopic (exact) mass is 453 g/mol. The van der Waals surface area contributed by atoms with Gasteiger partial charge in [-0.05, 0) is 28.1 Å². The second-order valence-electron chi connectivity index (χ2n) is 5.44. The third-order valence-corrected chi connectivity index (χ3v) is 7.04. The number of amides is 2. The molecule has 0 saturated carbocycles. The first-order valence-electron chi connectivity index (χ1n) is 7.62. The number of carbonyl (C=O) groups is 2. The van der Waals surface area contributed by atoms with E-state index in [4.69, 9.17) is 4.74 Å². The molecule has 1 aromatic heterocycles. The molecule has 0 radical (unpaired) electrons. The van der Waals surface area contributed by atoms with E-state index in [-0.39, 0.29) is 24.7 Å². The number of rotatable bonds is 7. The normalized spacial score (nSPS) is 15.8. The van der Waals surface area contributed by atoms with Crippen LogP contribution in [-0.4, -0.2) is 81.6 Å². The van der Waals surface area contributed by atoms with Crippen molar-refractivity contribution in [2.45, 2.75) is 0 Å². The summed E-state index contributed by atoms with van der Waals surface area (Å²) in [7, 11) is -1.88. The second-order valence-corrected chi connectivity index (χ2v) is 9.99. The second kappa shape index (κ2) is 9.08. The smallest absolute Gasteiger partial charge is 0.264 e. The number of nitrogens with one attached hydrogen (secondary N) is 1. The van der Waals surface area contributed by atoms with Crippen molar-refractivity contribution >= 4 is 49.1 Å². The topological polar surface area (TPSA) is 96.0 Å². The van der Waals surface area contributed by atoms with Crippen molar-refractivity contribution in [3.63, 3.8) is 0 Å². The highest BCUT2D eigenvalue weighted by molar-refractivity contribution is 9.11. The zero-order valence-electron chi connectivity index (χ0n) is 13.7. The molecule has 1 aromatic rings. The molecular weight excluding hydrogens is 434 g/mol. The molecule has 1 aliphatic rings. The summed E-state index contributed by atoms with van der Waals surface area (Å²) in [6.07, 6.45) is 0. The fourth-order valence-corrected chi connectivity index (χ4v) is 4.94. The van der Waals surface area contributed by atoms with Crippen LogP contribution in [0.15, 0.2) is 15.9 Å². The van der Waals surface area contributed by atoms with E-state index in [1.54, 1.807) is 12.1 Å². The Morgan fingerprint density at radius 1 is 1.36 bits per heavy atom. The van der Waals surface area contributed by atoms with Gasteiger partial charge in [0.05, 0.1) is 34.2 Å². The Balaban J connectivity index is 1.75. The quantitative estimate of drug-likeness (QED) is 0.642. The van der Waals surface area contributed by atoms with Crippen LogP contribution in [-0.2, 0) is 19.6 Å². The van der Waals surface area contributed by atoms with E-state index in [0.29, 0.717) is 31.2 Å². The van der Waals surface area contributed by atoms with Crippen LogP contribution in [0.5, 0.6) is 0 Å². The average Bonchev–Trinajstić information content (AvgIpc) is 3.01. The van der Waals surface area contributed by atoms with Crippen molar-refractivity contribution in [1.29, 1.82) is 0 Å². The number of morpholine rings is 1. The Kier molecular flexibility index (Phi) is 7.37. The van der Waals surface area contributed by atoms with Gasteiger partial charge in [0.1, 0.15) is 0 Å². The van der Waals surface area contributed by atoms with Gasteiger partial charge in [0.2, 0.25) is 15.9 Å². The first kappa shape index (κ1) is 20.3. The van der Waals surface area contributed by atoms with Crippen LogP contribution < -0.4 is 5.32 Å². The van der Waals surface area contributed by atoms with Gasteiger partial charge in [0, 0.05) is 26.7 Å². The van der Waals surface area contributed by atoms with Crippen LogP contribution in [0.4, 0.5) is 0 Å². The molecule has 1 saturated heterocycles. The molecule has 2 heterocycles. The molecule has 0 unspecified atom stereocenters. The lowest BCUT2D eigenvalue weighted by Crippen LogP contribution is -2.45. The highest BCUT2D eigenvalue weighted by Gasteiger charge is 2.24. The predicted molar refractivity (Wildman–Crippen MR) is 98.2 cm³/mol. The summed E-state index contributed by atoms with van der Waals surface area (Å²) in [4.78, 5) is 25.9. The van der Waals surface area contributed by atoms with Crippen LogP contribution in [0.1, 0.15) is 9.67 Å². The molecule has 1 fully saturated rings. The van der Waals surface area contributed by atoms with Crippen molar-refractivity contribution in [2.75, 3.05) is 52.2 Å². The predicted octanol–water partition coefficient (Wildman–Crippen LogP) is 0.361. The lowest BCUT2D eigenvalue weighted by Gasteiger charge is -2.26. The van der Waals surface area contributed by atoms with E-state index in [9.17, 15) is 18.0 Å². The van der Waals surface area contributed by atoms with Gasteiger partial charge in [-0.2, -0.15) is 4.31 Å². The summed E-state index contributed by atoms with van der Waals surface area (Å²) < 4.78 is 31.6. The molecule has 2 amide bonds. The van der Waals surface area contributed by atoms with E-state index in [0.717, 1.165) is 3.79 Å². The van der Waals surface area contributed by atoms with Crippen LogP contribution >= 0.6 is 27.3 Å². The SMILES string of the molecule is CN(CC(=O)NCCS(=O)(=O)N1CCOCC1)C(=O)c1ccc(Br)s1. The lowest BCUT2D eigenvalue weighted by molar-refractivity contribution is -0.121. The molecule has 8 nitrogen and oxygen atoms in total. The van der Waals surface area contributed by atoms with Gasteiger partial charge in [-0.1, -0.05) is 0 Å². The maximum absolute atomic E-state index is 12.2. The van der Waals surface area contributed by atoms with Gasteiger partial charge in [-0.3, -0.25) is 9.59 Å². The van der Waals surface area contributed by atoms with E-state index >= 15 is 0 Å². The Bertz CT molecular complexity index is 716. The zero-order chi connectivity index (χ0) is 18.4. The molecule has 1 aliphatic heterocycles. The minimum Gasteiger partial charge on any atom is -0.379 e. The molecule has 140 valence electrons. The van der Waals surface area contributed by atoms with E-state index < -0.39 is 15.9 Å². The van der Waals surface area contributed by atoms with Crippen molar-refractivity contribution < 1.29 is 22.7 Å². The van der Waals surface area contributed by atoms with Crippen LogP contribution in [0.3, 0.4) is 0 Å². The Labute approximate surface area is 159 Å². The Morgan fingerprint density at radius 2 is 2.04 bits per heavy atom. The Hall–Kier alpha value is -1.01. The van der Waals surface area contributed by atoms with Crippen molar-refractivity contribution in [3.05, 3.63) is 20.8 Å². The summed E-state index contributed by atoms with van der Waals surface area (Å²) in [5.41, 5.74) is 0. The van der Waals surface area contributed by atoms with Gasteiger partial charge in [0.15, 0.2) is 0 Å². The van der Waals surface area contributed by atoms with Crippen molar-refractivity contribution in [3.8, 4) is 0 Å². The number of hydrogen-bond acceptors (Lipinski definition) is 6. The maximum Gasteiger partial charge on any atom is 0.264 e. The van der Waals surface area contributed by atoms with Gasteiger partial charge in [-0.15, -0.1) is 11.3 Å². The summed E-state index contributed by atoms with van der Waals surface area (Å²) in [5, 5.41) is 2.54. The number of sulfonamides is 1. The van der Waals surface area contributed by atoms with E-state index in [1.807, 2.05) is 0 Å². The number of hydrogen-bond donors (Lipinski definition) is 1. The molecule has 11 heteroatoms. The third-order valence-electron chi connectivity index (χ3n) is 3.56. The summed E-state index contributed by atoms with van der Waals surface area (Å²) in [6, 6.07) is 3.45. The van der Waals surface area contributed by atoms with Gasteiger partial charge in [0.25, 0.3) is 5.91 Å². The van der Waals surface area contributed by atoms with Gasteiger partial charge in [-0.25, -0.2) is 8.42 Å². The fourth-order valence-electron chi connectivity index (χ4n) is 2.23. The highest BCUT2D eigenvalue weighted by atomic mass is 79.9. The zero-order valence-corrected chi connectivity index (χ0v) is 17.0. The Morgan fingerprint density at radius 3 is 2.64 bits per heavy atom. The van der Waals surface area contributed by atoms with Gasteiger partial charge >= 0.3 is 0 Å². The number of ether oxygens (including phenoxy) is 1. The molecule has 2 rings (SSSR count). The molecule has 0 atom stereocenters. The lowest BCUT2D eigenvalue weighted by atomic mass is 10.4.